The van der Waals surface area contributed by atoms with Crippen molar-refractivity contribution in [2.75, 3.05) is 7.11 Å². The highest BCUT2D eigenvalue weighted by atomic mass is 16.5. The first-order valence-corrected chi connectivity index (χ1v) is 8.34. The van der Waals surface area contributed by atoms with Gasteiger partial charge in [-0.05, 0) is 24.5 Å². The van der Waals surface area contributed by atoms with Crippen LogP contribution in [0.2, 0.25) is 0 Å². The van der Waals surface area contributed by atoms with Crippen molar-refractivity contribution in [3.8, 4) is 5.75 Å². The van der Waals surface area contributed by atoms with Crippen molar-refractivity contribution >= 4 is 11.0 Å². The minimum atomic E-state index is 0.603. The van der Waals surface area contributed by atoms with E-state index >= 15 is 0 Å². The minimum absolute atomic E-state index is 0.603. The number of aromatic nitrogens is 1. The van der Waals surface area contributed by atoms with E-state index in [1.54, 1.807) is 19.6 Å². The molecule has 2 heterocycles. The molecule has 2 aromatic carbocycles. The Balaban J connectivity index is 1.48. The number of benzene rings is 2. The fraction of sp³-hybridized carbons (Fsp3) is 0.190. The summed E-state index contributed by atoms with van der Waals surface area (Å²) >= 11 is 0. The molecule has 4 rings (SSSR count). The van der Waals surface area contributed by atoms with Gasteiger partial charge in [-0.3, -0.25) is 0 Å². The van der Waals surface area contributed by atoms with E-state index in [9.17, 15) is 0 Å². The van der Waals surface area contributed by atoms with Gasteiger partial charge in [0, 0.05) is 10.9 Å². The molecule has 0 aliphatic heterocycles. The van der Waals surface area contributed by atoms with Crippen LogP contribution in [0.1, 0.15) is 22.7 Å². The van der Waals surface area contributed by atoms with E-state index in [0.29, 0.717) is 12.3 Å². The van der Waals surface area contributed by atoms with E-state index in [0.717, 1.165) is 40.8 Å². The molecule has 0 aliphatic rings. The highest BCUT2D eigenvalue weighted by Crippen LogP contribution is 2.30. The topological polar surface area (TPSA) is 48.4 Å². The average molecular weight is 333 g/mol. The number of hydrogen-bond acceptors (Lipinski definition) is 4. The van der Waals surface area contributed by atoms with Crippen molar-refractivity contribution in [1.29, 1.82) is 0 Å². The summed E-state index contributed by atoms with van der Waals surface area (Å²) < 4.78 is 16.6. The largest absolute Gasteiger partial charge is 0.493 e. The maximum absolute atomic E-state index is 5.66. The Bertz CT molecular complexity index is 969. The van der Waals surface area contributed by atoms with Crippen molar-refractivity contribution in [2.45, 2.75) is 19.3 Å². The molecule has 0 radical (unpaired) electrons. The molecule has 0 saturated carbocycles. The molecule has 0 unspecified atom stereocenters. The van der Waals surface area contributed by atoms with Gasteiger partial charge >= 0.3 is 0 Å². The van der Waals surface area contributed by atoms with Gasteiger partial charge in [-0.15, -0.1) is 0 Å². The van der Waals surface area contributed by atoms with Crippen LogP contribution >= 0.6 is 0 Å². The predicted molar refractivity (Wildman–Crippen MR) is 95.9 cm³/mol. The quantitative estimate of drug-likeness (QED) is 0.508. The lowest BCUT2D eigenvalue weighted by atomic mass is 10.1. The lowest BCUT2D eigenvalue weighted by Gasteiger charge is -1.99. The Hall–Kier alpha value is -3.01. The van der Waals surface area contributed by atoms with E-state index in [-0.39, 0.29) is 0 Å². The Morgan fingerprint density at radius 2 is 1.80 bits per heavy atom. The molecule has 0 bridgehead atoms. The third-order valence-electron chi connectivity index (χ3n) is 4.32. The first-order chi connectivity index (χ1) is 12.3. The molecule has 4 nitrogen and oxygen atoms in total. The van der Waals surface area contributed by atoms with Crippen LogP contribution < -0.4 is 4.74 Å². The summed E-state index contributed by atoms with van der Waals surface area (Å²) in [4.78, 5) is 4.61. The lowest BCUT2D eigenvalue weighted by molar-refractivity contribution is 0.410. The summed E-state index contributed by atoms with van der Waals surface area (Å²) in [6.45, 7) is 0. The number of nitrogens with zero attached hydrogens (tertiary/aromatic N) is 1. The molecule has 0 atom stereocenters. The second-order valence-corrected chi connectivity index (χ2v) is 5.99. The summed E-state index contributed by atoms with van der Waals surface area (Å²) in [5.74, 6) is 1.44. The monoisotopic (exact) mass is 333 g/mol. The predicted octanol–water partition coefficient (Wildman–Crippen LogP) is 4.81. The molecule has 0 aliphatic carbocycles. The number of para-hydroxylation sites is 1. The maximum atomic E-state index is 5.66. The van der Waals surface area contributed by atoms with E-state index in [4.69, 9.17) is 13.6 Å². The second kappa shape index (κ2) is 6.85. The molecule has 0 amide bonds. The summed E-state index contributed by atoms with van der Waals surface area (Å²) in [7, 11) is 1.64. The van der Waals surface area contributed by atoms with Crippen molar-refractivity contribution in [3.05, 3.63) is 83.8 Å². The highest BCUT2D eigenvalue weighted by molar-refractivity contribution is 5.86. The summed E-state index contributed by atoms with van der Waals surface area (Å²) in [6.07, 6.45) is 5.93. The number of hydrogen-bond donors (Lipinski definition) is 0. The Morgan fingerprint density at radius 1 is 0.920 bits per heavy atom. The van der Waals surface area contributed by atoms with Crippen LogP contribution in [0.15, 0.2) is 69.9 Å². The van der Waals surface area contributed by atoms with Gasteiger partial charge in [0.25, 0.3) is 0 Å². The van der Waals surface area contributed by atoms with Gasteiger partial charge in [-0.25, -0.2) is 4.98 Å². The molecule has 4 heteroatoms. The number of fused-ring (bicyclic) bond motifs is 1. The molecule has 0 N–H and O–H groups in total. The van der Waals surface area contributed by atoms with Gasteiger partial charge in [-0.1, -0.05) is 42.5 Å². The van der Waals surface area contributed by atoms with E-state index in [1.165, 1.54) is 5.56 Å². The highest BCUT2D eigenvalue weighted by Gasteiger charge is 2.13. The standard InChI is InChI=1S/C21H19NO3/c1-23-19-9-5-8-18-16(13-25-21(18)19)12-20-22-17(14-24-20)11-10-15-6-3-2-4-7-15/h2-9,13-14H,10-12H2,1H3. The van der Waals surface area contributed by atoms with E-state index in [2.05, 4.69) is 29.2 Å². The van der Waals surface area contributed by atoms with Gasteiger partial charge in [0.05, 0.1) is 25.5 Å². The molecule has 0 saturated heterocycles. The zero-order chi connectivity index (χ0) is 17.1. The number of ether oxygens (including phenoxy) is 1. The first kappa shape index (κ1) is 15.5. The number of aryl methyl sites for hydroxylation is 2. The average Bonchev–Trinajstić information content (AvgIpc) is 3.28. The Morgan fingerprint density at radius 3 is 2.64 bits per heavy atom. The zero-order valence-corrected chi connectivity index (χ0v) is 14.1. The smallest absolute Gasteiger partial charge is 0.198 e. The summed E-state index contributed by atoms with van der Waals surface area (Å²) in [6, 6.07) is 16.3. The van der Waals surface area contributed by atoms with Crippen molar-refractivity contribution < 1.29 is 13.6 Å². The molecule has 126 valence electrons. The van der Waals surface area contributed by atoms with E-state index in [1.807, 2.05) is 24.3 Å². The molecule has 4 aromatic rings. The van der Waals surface area contributed by atoms with Crippen molar-refractivity contribution in [2.24, 2.45) is 0 Å². The maximum Gasteiger partial charge on any atom is 0.198 e. The van der Waals surface area contributed by atoms with Crippen molar-refractivity contribution in [3.63, 3.8) is 0 Å². The van der Waals surface area contributed by atoms with Crippen molar-refractivity contribution in [1.82, 2.24) is 4.98 Å². The minimum Gasteiger partial charge on any atom is -0.493 e. The second-order valence-electron chi connectivity index (χ2n) is 5.99. The number of rotatable bonds is 6. The van der Waals surface area contributed by atoms with Crippen LogP contribution in [-0.4, -0.2) is 12.1 Å². The SMILES string of the molecule is COc1cccc2c(Cc3nc(CCc4ccccc4)co3)coc12. The molecule has 25 heavy (non-hydrogen) atoms. The molecule has 2 aromatic heterocycles. The fourth-order valence-electron chi connectivity index (χ4n) is 3.01. The Labute approximate surface area is 146 Å². The first-order valence-electron chi connectivity index (χ1n) is 8.34. The number of oxazole rings is 1. The summed E-state index contributed by atoms with van der Waals surface area (Å²) in [5, 5.41) is 1.03. The molecule has 0 fully saturated rings. The van der Waals surface area contributed by atoms with Gasteiger partial charge in [0.15, 0.2) is 17.2 Å². The van der Waals surface area contributed by atoms with Gasteiger partial charge in [0.1, 0.15) is 6.26 Å². The normalized spacial score (nSPS) is 11.1. The number of furan rings is 1. The number of methoxy groups -OCH3 is 1. The molecule has 0 spiro atoms. The Kier molecular flexibility index (Phi) is 4.25. The van der Waals surface area contributed by atoms with Crippen LogP contribution in [0.4, 0.5) is 0 Å². The third-order valence-corrected chi connectivity index (χ3v) is 4.32. The van der Waals surface area contributed by atoms with Crippen LogP contribution in [0, 0.1) is 0 Å². The van der Waals surface area contributed by atoms with Gasteiger partial charge < -0.3 is 13.6 Å². The summed E-state index contributed by atoms with van der Waals surface area (Å²) in [5.41, 5.74) is 4.09. The third kappa shape index (κ3) is 3.29. The van der Waals surface area contributed by atoms with Crippen LogP contribution in [0.3, 0.4) is 0 Å². The van der Waals surface area contributed by atoms with Gasteiger partial charge in [-0.2, -0.15) is 0 Å². The van der Waals surface area contributed by atoms with Crippen LogP contribution in [0.25, 0.3) is 11.0 Å². The zero-order valence-electron chi connectivity index (χ0n) is 14.1. The van der Waals surface area contributed by atoms with Crippen LogP contribution in [-0.2, 0) is 19.3 Å². The van der Waals surface area contributed by atoms with E-state index < -0.39 is 0 Å². The lowest BCUT2D eigenvalue weighted by Crippen LogP contribution is -1.93. The molecular formula is C21H19NO3. The van der Waals surface area contributed by atoms with Gasteiger partial charge in [0.2, 0.25) is 0 Å². The fourth-order valence-corrected chi connectivity index (χ4v) is 3.01. The van der Waals surface area contributed by atoms with Crippen LogP contribution in [0.5, 0.6) is 5.75 Å². The molecular weight excluding hydrogens is 314 g/mol.